The van der Waals surface area contributed by atoms with Gasteiger partial charge in [0.2, 0.25) is 16.6 Å². The molecule has 4 nitrogen and oxygen atoms in total. The molecule has 0 fully saturated rings. The Morgan fingerprint density at radius 3 is 0.831 bits per heavy atom. The number of benzene rings is 4. The molecule has 0 aliphatic heterocycles. The van der Waals surface area contributed by atoms with Crippen LogP contribution in [0.5, 0.6) is 23.0 Å². The van der Waals surface area contributed by atoms with Crippen LogP contribution in [-0.2, 0) is 39.0 Å². The summed E-state index contributed by atoms with van der Waals surface area (Å²) in [6.07, 6.45) is 2.26. The molecule has 0 saturated heterocycles. The normalized spacial score (nSPS) is 11.8. The van der Waals surface area contributed by atoms with Gasteiger partial charge in [-0.1, -0.05) is 168 Å². The fraction of sp³-hybridized carbons (Fsp3) is 0.464. The monoisotopic (exact) mass is 1020 g/mol. The molecule has 0 amide bonds. The van der Waals surface area contributed by atoms with Gasteiger partial charge >= 0.3 is 26.2 Å². The quantitative estimate of drug-likeness (QED) is 0.0473. The average molecular weight is 1020 g/mol. The van der Waals surface area contributed by atoms with Crippen LogP contribution in [0.25, 0.3) is 21.5 Å². The summed E-state index contributed by atoms with van der Waals surface area (Å²) in [6.45, 7) is 27.4. The van der Waals surface area contributed by atoms with E-state index in [-0.39, 0.29) is 26.2 Å². The first kappa shape index (κ1) is 56.4. The van der Waals surface area contributed by atoms with Gasteiger partial charge in [-0.2, -0.15) is 24.3 Å². The van der Waals surface area contributed by atoms with Crippen LogP contribution in [0.4, 0.5) is 0 Å². The van der Waals surface area contributed by atoms with Crippen molar-refractivity contribution in [3.05, 3.63) is 132 Å². The number of fused-ring (bicyclic) bond motifs is 2. The van der Waals surface area contributed by atoms with E-state index >= 15 is 0 Å². The number of hydrogen-bond acceptors (Lipinski definition) is 4. The minimum Gasteiger partial charge on any atom is -0.547 e. The first-order valence-corrected chi connectivity index (χ1v) is 35.3. The second kappa shape index (κ2) is 27.8. The van der Waals surface area contributed by atoms with Crippen molar-refractivity contribution in [3.8, 4) is 23.0 Å². The Hall–Kier alpha value is -2.95. The van der Waals surface area contributed by atoms with Crippen LogP contribution in [-0.4, -0.2) is 33.3 Å². The third-order valence-corrected chi connectivity index (χ3v) is 32.9. The topological polar surface area (TPSA) is 36.9 Å². The molecular weight excluding hydrogens is 940 g/mol. The minimum atomic E-state index is -1.73. The van der Waals surface area contributed by atoms with Crippen molar-refractivity contribution in [2.45, 2.75) is 168 Å². The van der Waals surface area contributed by atoms with Crippen molar-refractivity contribution in [2.75, 3.05) is 0 Å². The largest absolute Gasteiger partial charge is 2.00 e. The second-order valence-corrected chi connectivity index (χ2v) is 36.5. The first-order valence-electron chi connectivity index (χ1n) is 25.2. The van der Waals surface area contributed by atoms with Gasteiger partial charge in [-0.3, -0.25) is 0 Å². The van der Waals surface area contributed by atoms with Gasteiger partial charge in [0, 0.05) is 0 Å². The molecule has 0 unspecified atom stereocenters. The second-order valence-electron chi connectivity index (χ2n) is 17.8. The Balaban J connectivity index is 0.000000267. The van der Waals surface area contributed by atoms with E-state index in [4.69, 9.17) is 17.7 Å². The molecule has 65 heavy (non-hydrogen) atoms. The average Bonchev–Trinajstić information content (AvgIpc) is 4.02. The Kier molecular flexibility index (Phi) is 24.1. The SMILES string of the molecule is CC[Si](CC)(CC)Oc1cc2cc[cH-]c2cc1O[Si](CC)(CC)CC.CC[Si](CC)(CC)Oc1cc2cc[cH-]c2cc1O[Si](CC)(CC)CC.[Zr+2].c1ccc(CCc2ccccc2)cc1. The molecular formula is C56H84O4Si4Zr. The van der Waals surface area contributed by atoms with E-state index in [2.05, 4.69) is 204 Å². The van der Waals surface area contributed by atoms with E-state index in [0.29, 0.717) is 0 Å². The van der Waals surface area contributed by atoms with Crippen LogP contribution < -0.4 is 17.7 Å². The Labute approximate surface area is 419 Å². The van der Waals surface area contributed by atoms with Crippen molar-refractivity contribution in [2.24, 2.45) is 0 Å². The van der Waals surface area contributed by atoms with Crippen LogP contribution in [0, 0.1) is 0 Å². The van der Waals surface area contributed by atoms with Crippen molar-refractivity contribution in [1.29, 1.82) is 0 Å². The molecule has 9 heteroatoms. The van der Waals surface area contributed by atoms with E-state index in [1.54, 1.807) is 0 Å². The molecule has 0 bridgehead atoms. The van der Waals surface area contributed by atoms with Gasteiger partial charge in [-0.25, -0.2) is 0 Å². The van der Waals surface area contributed by atoms with Gasteiger partial charge in [-0.05, 0) is 96.5 Å². The van der Waals surface area contributed by atoms with Gasteiger partial charge in [0.1, 0.15) is 23.0 Å². The maximum Gasteiger partial charge on any atom is 2.00 e. The minimum absolute atomic E-state index is 0. The van der Waals surface area contributed by atoms with E-state index in [9.17, 15) is 0 Å². The maximum atomic E-state index is 6.77. The molecule has 0 aromatic heterocycles. The molecule has 0 heterocycles. The molecule has 6 aromatic carbocycles. The fourth-order valence-electron chi connectivity index (χ4n) is 8.97. The van der Waals surface area contributed by atoms with Crippen LogP contribution in [0.3, 0.4) is 0 Å². The molecule has 352 valence electrons. The van der Waals surface area contributed by atoms with Crippen molar-refractivity contribution >= 4 is 54.8 Å². The van der Waals surface area contributed by atoms with Crippen molar-refractivity contribution in [1.82, 2.24) is 0 Å². The zero-order valence-electron chi connectivity index (χ0n) is 42.6. The van der Waals surface area contributed by atoms with Crippen molar-refractivity contribution < 1.29 is 43.9 Å². The molecule has 0 aliphatic carbocycles. The smallest absolute Gasteiger partial charge is 0.547 e. The summed E-state index contributed by atoms with van der Waals surface area (Å²) in [5, 5.41) is 5.02. The van der Waals surface area contributed by atoms with Crippen LogP contribution in [0.15, 0.2) is 121 Å². The molecule has 0 radical (unpaired) electrons. The van der Waals surface area contributed by atoms with E-state index in [1.807, 2.05) is 0 Å². The number of aryl methyl sites for hydroxylation is 2. The molecule has 6 rings (SSSR count). The Morgan fingerprint density at radius 1 is 0.338 bits per heavy atom. The molecule has 0 aliphatic rings. The van der Waals surface area contributed by atoms with Crippen molar-refractivity contribution in [3.63, 3.8) is 0 Å². The Bertz CT molecular complexity index is 1900. The summed E-state index contributed by atoms with van der Waals surface area (Å²) in [7, 11) is -6.91. The summed E-state index contributed by atoms with van der Waals surface area (Å²) in [6, 6.07) is 56.8. The zero-order chi connectivity index (χ0) is 46.6. The maximum absolute atomic E-state index is 6.77. The fourth-order valence-corrected chi connectivity index (χ4v) is 19.2. The van der Waals surface area contributed by atoms with Gasteiger partial charge in [-0.15, -0.1) is 33.7 Å². The van der Waals surface area contributed by atoms with Crippen LogP contribution in [0.1, 0.15) is 94.2 Å². The van der Waals surface area contributed by atoms with E-state index in [1.165, 1.54) is 32.7 Å². The van der Waals surface area contributed by atoms with E-state index in [0.717, 1.165) is 108 Å². The molecule has 0 spiro atoms. The number of hydrogen-bond donors (Lipinski definition) is 0. The summed E-state index contributed by atoms with van der Waals surface area (Å²) in [5.74, 6) is 3.96. The predicted octanol–water partition coefficient (Wildman–Crippen LogP) is 18.1. The zero-order valence-corrected chi connectivity index (χ0v) is 49.0. The van der Waals surface area contributed by atoms with Gasteiger partial charge < -0.3 is 17.7 Å². The summed E-state index contributed by atoms with van der Waals surface area (Å²) < 4.78 is 27.1. The van der Waals surface area contributed by atoms with Gasteiger partial charge in [0.15, 0.2) is 0 Å². The van der Waals surface area contributed by atoms with Gasteiger partial charge in [0.05, 0.1) is 0 Å². The third kappa shape index (κ3) is 15.3. The first-order chi connectivity index (χ1) is 31.0. The van der Waals surface area contributed by atoms with Crippen LogP contribution >= 0.6 is 0 Å². The predicted molar refractivity (Wildman–Crippen MR) is 291 cm³/mol. The van der Waals surface area contributed by atoms with Gasteiger partial charge in [0.25, 0.3) is 16.6 Å². The third-order valence-electron chi connectivity index (χ3n) is 14.8. The summed E-state index contributed by atoms with van der Waals surface area (Å²) in [4.78, 5) is 0. The Morgan fingerprint density at radius 2 is 0.585 bits per heavy atom. The summed E-state index contributed by atoms with van der Waals surface area (Å²) in [5.41, 5.74) is 2.83. The molecule has 6 aromatic rings. The standard InChI is InChI=1S/2C21H35O2Si2.C14H14.Zr/c2*1-7-24(8-2,9-3)22-20-16-18-14-13-15-19(18)17-21(20)23-25(10-4,11-5)12-6;1-3-7-13(8-4-1)11-12-14-9-5-2-6-10-14;/h2*13-17H,7-12H2,1-6H3;1-10H,11-12H2;/q2*-1;;+2. The number of rotatable bonds is 23. The van der Waals surface area contributed by atoms with Crippen LogP contribution in [0.2, 0.25) is 72.5 Å². The molecule has 0 atom stereocenters. The molecule has 0 N–H and O–H groups in total. The summed E-state index contributed by atoms with van der Waals surface area (Å²) >= 11 is 0. The van der Waals surface area contributed by atoms with E-state index < -0.39 is 33.3 Å². The molecule has 0 saturated carbocycles.